The average Bonchev–Trinajstić information content (AvgIpc) is 2.77. The topological polar surface area (TPSA) is 62.7 Å². The number of ether oxygens (including phenoxy) is 1. The minimum atomic E-state index is -0.323. The molecule has 0 unspecified atom stereocenters. The third kappa shape index (κ3) is 4.42. The molecule has 0 aliphatic carbocycles. The molecular formula is C23H29N3O3. The lowest BCUT2D eigenvalue weighted by Gasteiger charge is -2.42. The van der Waals surface area contributed by atoms with E-state index in [0.717, 1.165) is 11.1 Å². The van der Waals surface area contributed by atoms with Crippen molar-refractivity contribution in [3.05, 3.63) is 59.9 Å². The molecule has 1 aliphatic rings. The molecule has 0 radical (unpaired) electrons. The number of hydrogen-bond acceptors (Lipinski definition) is 4. The Morgan fingerprint density at radius 1 is 1.21 bits per heavy atom. The molecule has 0 spiro atoms. The quantitative estimate of drug-likeness (QED) is 0.720. The van der Waals surface area contributed by atoms with Crippen LogP contribution in [0.25, 0.3) is 0 Å². The van der Waals surface area contributed by atoms with Gasteiger partial charge >= 0.3 is 0 Å². The summed E-state index contributed by atoms with van der Waals surface area (Å²) in [4.78, 5) is 34.0. The molecule has 2 amide bonds. The van der Waals surface area contributed by atoms with Crippen molar-refractivity contribution in [2.24, 2.45) is 5.92 Å². The second-order valence-corrected chi connectivity index (χ2v) is 7.22. The van der Waals surface area contributed by atoms with E-state index in [0.29, 0.717) is 38.2 Å². The summed E-state index contributed by atoms with van der Waals surface area (Å²) >= 11 is 0. The Morgan fingerprint density at radius 3 is 2.59 bits per heavy atom. The number of methoxy groups -OCH3 is 1. The largest absolute Gasteiger partial charge is 0.496 e. The van der Waals surface area contributed by atoms with Crippen molar-refractivity contribution in [1.82, 2.24) is 14.8 Å². The Labute approximate surface area is 172 Å². The number of para-hydroxylation sites is 1. The van der Waals surface area contributed by atoms with E-state index in [1.54, 1.807) is 19.5 Å². The molecule has 1 aliphatic heterocycles. The van der Waals surface area contributed by atoms with Gasteiger partial charge in [-0.3, -0.25) is 14.6 Å². The first-order valence-corrected chi connectivity index (χ1v) is 10.2. The predicted molar refractivity (Wildman–Crippen MR) is 111 cm³/mol. The number of aromatic nitrogens is 1. The fraction of sp³-hybridized carbons (Fsp3) is 0.435. The molecule has 6 heteroatoms. The monoisotopic (exact) mass is 395 g/mol. The van der Waals surface area contributed by atoms with Crippen LogP contribution in [0.5, 0.6) is 5.75 Å². The molecule has 154 valence electrons. The van der Waals surface area contributed by atoms with Crippen LogP contribution in [-0.4, -0.2) is 46.8 Å². The van der Waals surface area contributed by atoms with Crippen LogP contribution < -0.4 is 4.74 Å². The summed E-state index contributed by atoms with van der Waals surface area (Å²) in [5, 5.41) is 0. The molecule has 29 heavy (non-hydrogen) atoms. The highest BCUT2D eigenvalue weighted by Crippen LogP contribution is 2.41. The van der Waals surface area contributed by atoms with Crippen molar-refractivity contribution < 1.29 is 14.3 Å². The number of benzene rings is 1. The normalized spacial score (nSPS) is 19.1. The zero-order valence-corrected chi connectivity index (χ0v) is 17.4. The first kappa shape index (κ1) is 20.8. The van der Waals surface area contributed by atoms with Gasteiger partial charge in [0.1, 0.15) is 5.75 Å². The lowest BCUT2D eigenvalue weighted by atomic mass is 9.82. The lowest BCUT2D eigenvalue weighted by Crippen LogP contribution is -2.49. The van der Waals surface area contributed by atoms with E-state index < -0.39 is 0 Å². The highest BCUT2D eigenvalue weighted by atomic mass is 16.5. The van der Waals surface area contributed by atoms with Gasteiger partial charge in [0.05, 0.1) is 19.1 Å². The van der Waals surface area contributed by atoms with Gasteiger partial charge in [-0.2, -0.15) is 0 Å². The molecule has 2 aromatic rings. The fourth-order valence-electron chi connectivity index (χ4n) is 4.17. The Bertz CT molecular complexity index is 840. The highest BCUT2D eigenvalue weighted by Gasteiger charge is 2.42. The second kappa shape index (κ2) is 9.54. The number of carbonyl (C=O) groups is 2. The fourth-order valence-corrected chi connectivity index (χ4v) is 4.17. The third-order valence-electron chi connectivity index (χ3n) is 5.64. The summed E-state index contributed by atoms with van der Waals surface area (Å²) in [5.74, 6) is 0.571. The number of pyridine rings is 1. The van der Waals surface area contributed by atoms with Crippen molar-refractivity contribution in [1.29, 1.82) is 0 Å². The van der Waals surface area contributed by atoms with E-state index in [4.69, 9.17) is 4.74 Å². The maximum atomic E-state index is 13.6. The molecule has 1 fully saturated rings. The van der Waals surface area contributed by atoms with Gasteiger partial charge in [-0.1, -0.05) is 18.2 Å². The Morgan fingerprint density at radius 2 is 1.93 bits per heavy atom. The molecule has 2 atom stereocenters. The lowest BCUT2D eigenvalue weighted by molar-refractivity contribution is -0.148. The van der Waals surface area contributed by atoms with Crippen molar-refractivity contribution in [2.75, 3.05) is 20.2 Å². The summed E-state index contributed by atoms with van der Waals surface area (Å²) in [6.45, 7) is 5.65. The van der Waals surface area contributed by atoms with E-state index in [1.165, 1.54) is 0 Å². The summed E-state index contributed by atoms with van der Waals surface area (Å²) in [6, 6.07) is 11.2. The maximum Gasteiger partial charge on any atom is 0.228 e. The van der Waals surface area contributed by atoms with Crippen LogP contribution in [0.2, 0.25) is 0 Å². The predicted octanol–water partition coefficient (Wildman–Crippen LogP) is 3.44. The molecule has 6 nitrogen and oxygen atoms in total. The Hall–Kier alpha value is -2.89. The van der Waals surface area contributed by atoms with Crippen LogP contribution in [0, 0.1) is 5.92 Å². The molecule has 3 rings (SSSR count). The summed E-state index contributed by atoms with van der Waals surface area (Å²) in [5.41, 5.74) is 1.94. The number of nitrogens with zero attached hydrogens (tertiary/aromatic N) is 3. The Balaban J connectivity index is 1.95. The van der Waals surface area contributed by atoms with Gasteiger partial charge in [-0.05, 0) is 44.0 Å². The third-order valence-corrected chi connectivity index (χ3v) is 5.64. The van der Waals surface area contributed by atoms with E-state index in [-0.39, 0.29) is 23.8 Å². The molecule has 0 bridgehead atoms. The maximum absolute atomic E-state index is 13.6. The van der Waals surface area contributed by atoms with Gasteiger partial charge in [0, 0.05) is 44.0 Å². The van der Waals surface area contributed by atoms with Crippen molar-refractivity contribution in [2.45, 2.75) is 39.3 Å². The molecule has 0 N–H and O–H groups in total. The van der Waals surface area contributed by atoms with Crippen LogP contribution in [-0.2, 0) is 16.1 Å². The van der Waals surface area contributed by atoms with Gasteiger partial charge in [0.25, 0.3) is 0 Å². The first-order valence-electron chi connectivity index (χ1n) is 10.2. The van der Waals surface area contributed by atoms with Crippen LogP contribution >= 0.6 is 0 Å². The number of hydrogen-bond donors (Lipinski definition) is 0. The molecule has 0 saturated carbocycles. The number of rotatable bonds is 7. The summed E-state index contributed by atoms with van der Waals surface area (Å²) < 4.78 is 5.57. The van der Waals surface area contributed by atoms with E-state index in [2.05, 4.69) is 4.98 Å². The van der Waals surface area contributed by atoms with E-state index in [9.17, 15) is 9.59 Å². The molecule has 2 heterocycles. The standard InChI is InChI=1S/C23H29N3O3/c1-4-25(16-17-12-14-24-15-13-17)23(28)19-10-11-21(27)26(5-2)22(19)18-8-6-7-9-20(18)29-3/h6-9,12-15,19,22H,4-5,10-11,16H2,1-3H3/t19-,22+/m1/s1. The summed E-state index contributed by atoms with van der Waals surface area (Å²) in [6.07, 6.45) is 4.42. The number of piperidine rings is 1. The van der Waals surface area contributed by atoms with Crippen molar-refractivity contribution in [3.8, 4) is 5.75 Å². The van der Waals surface area contributed by atoms with Gasteiger partial charge in [0.2, 0.25) is 11.8 Å². The van der Waals surface area contributed by atoms with Crippen LogP contribution in [0.4, 0.5) is 0 Å². The second-order valence-electron chi connectivity index (χ2n) is 7.22. The SMILES string of the molecule is CCN(Cc1ccncc1)C(=O)[C@@H]1CCC(=O)N(CC)[C@H]1c1ccccc1OC. The van der Waals surface area contributed by atoms with Crippen molar-refractivity contribution in [3.63, 3.8) is 0 Å². The minimum Gasteiger partial charge on any atom is -0.496 e. The Kier molecular flexibility index (Phi) is 6.86. The number of carbonyl (C=O) groups excluding carboxylic acids is 2. The molecular weight excluding hydrogens is 366 g/mol. The highest BCUT2D eigenvalue weighted by molar-refractivity contribution is 5.85. The smallest absolute Gasteiger partial charge is 0.228 e. The zero-order valence-electron chi connectivity index (χ0n) is 17.4. The van der Waals surface area contributed by atoms with Crippen LogP contribution in [0.1, 0.15) is 43.9 Å². The minimum absolute atomic E-state index is 0.0752. The number of likely N-dealkylation sites (tertiary alicyclic amines) is 1. The molecule has 1 saturated heterocycles. The van der Waals surface area contributed by atoms with Gasteiger partial charge < -0.3 is 14.5 Å². The summed E-state index contributed by atoms with van der Waals surface area (Å²) in [7, 11) is 1.62. The molecule has 1 aromatic heterocycles. The molecule has 1 aromatic carbocycles. The van der Waals surface area contributed by atoms with E-state index >= 15 is 0 Å². The van der Waals surface area contributed by atoms with Gasteiger partial charge in [-0.15, -0.1) is 0 Å². The zero-order chi connectivity index (χ0) is 20.8. The average molecular weight is 396 g/mol. The van der Waals surface area contributed by atoms with Crippen LogP contribution in [0.15, 0.2) is 48.8 Å². The van der Waals surface area contributed by atoms with Gasteiger partial charge in [-0.25, -0.2) is 0 Å². The van der Waals surface area contributed by atoms with Crippen molar-refractivity contribution >= 4 is 11.8 Å². The van der Waals surface area contributed by atoms with E-state index in [1.807, 2.05) is 60.0 Å². The number of amides is 2. The first-order chi connectivity index (χ1) is 14.1. The van der Waals surface area contributed by atoms with Crippen LogP contribution in [0.3, 0.4) is 0 Å². The van der Waals surface area contributed by atoms with Gasteiger partial charge in [0.15, 0.2) is 0 Å².